The lowest BCUT2D eigenvalue weighted by atomic mass is 10.2. The summed E-state index contributed by atoms with van der Waals surface area (Å²) >= 11 is 0. The van der Waals surface area contributed by atoms with E-state index in [9.17, 15) is 0 Å². The highest BCUT2D eigenvalue weighted by Gasteiger charge is 2.09. The Morgan fingerprint density at radius 1 is 1.47 bits per heavy atom. The SMILES string of the molecule is CCn1cc(-n2cncc2[C@H](C)N)cn1. The second-order valence-electron chi connectivity index (χ2n) is 3.53. The summed E-state index contributed by atoms with van der Waals surface area (Å²) < 4.78 is 3.84. The molecule has 0 saturated carbocycles. The molecule has 0 aliphatic heterocycles. The van der Waals surface area contributed by atoms with Gasteiger partial charge in [0.05, 0.1) is 30.1 Å². The Kier molecular flexibility index (Phi) is 2.55. The molecule has 0 unspecified atom stereocenters. The van der Waals surface area contributed by atoms with Gasteiger partial charge >= 0.3 is 0 Å². The van der Waals surface area contributed by atoms with Crippen molar-refractivity contribution >= 4 is 0 Å². The first-order valence-electron chi connectivity index (χ1n) is 5.03. The second-order valence-corrected chi connectivity index (χ2v) is 3.53. The lowest BCUT2D eigenvalue weighted by molar-refractivity contribution is 0.659. The van der Waals surface area contributed by atoms with Crippen LogP contribution < -0.4 is 5.73 Å². The van der Waals surface area contributed by atoms with Gasteiger partial charge in [0, 0.05) is 18.8 Å². The Morgan fingerprint density at radius 3 is 2.87 bits per heavy atom. The fourth-order valence-corrected chi connectivity index (χ4v) is 1.51. The van der Waals surface area contributed by atoms with Crippen LogP contribution >= 0.6 is 0 Å². The van der Waals surface area contributed by atoms with E-state index in [4.69, 9.17) is 5.73 Å². The van der Waals surface area contributed by atoms with Gasteiger partial charge in [-0.15, -0.1) is 0 Å². The molecule has 0 fully saturated rings. The molecule has 0 aliphatic carbocycles. The van der Waals surface area contributed by atoms with Gasteiger partial charge in [0.15, 0.2) is 0 Å². The molecule has 0 aliphatic rings. The highest BCUT2D eigenvalue weighted by Crippen LogP contribution is 2.14. The molecule has 0 saturated heterocycles. The Balaban J connectivity index is 2.40. The van der Waals surface area contributed by atoms with E-state index < -0.39 is 0 Å². The van der Waals surface area contributed by atoms with Gasteiger partial charge in [-0.05, 0) is 13.8 Å². The van der Waals surface area contributed by atoms with E-state index in [2.05, 4.69) is 17.0 Å². The molecule has 0 spiro atoms. The van der Waals surface area contributed by atoms with Crippen LogP contribution in [0, 0.1) is 0 Å². The van der Waals surface area contributed by atoms with Gasteiger partial charge in [-0.25, -0.2) is 4.98 Å². The molecule has 80 valence electrons. The molecule has 0 amide bonds. The first-order chi connectivity index (χ1) is 7.22. The molecule has 2 aromatic heterocycles. The van der Waals surface area contributed by atoms with E-state index in [0.29, 0.717) is 0 Å². The Morgan fingerprint density at radius 2 is 2.27 bits per heavy atom. The third kappa shape index (κ3) is 1.78. The molecule has 0 bridgehead atoms. The minimum Gasteiger partial charge on any atom is -0.323 e. The molecule has 2 heterocycles. The summed E-state index contributed by atoms with van der Waals surface area (Å²) in [5.41, 5.74) is 7.84. The molecular formula is C10H15N5. The third-order valence-corrected chi connectivity index (χ3v) is 2.36. The predicted octanol–water partition coefficient (Wildman–Crippen LogP) is 1.11. The van der Waals surface area contributed by atoms with Crippen LogP contribution in [0.25, 0.3) is 5.69 Å². The minimum atomic E-state index is -0.0301. The van der Waals surface area contributed by atoms with Gasteiger partial charge in [-0.1, -0.05) is 0 Å². The van der Waals surface area contributed by atoms with Crippen molar-refractivity contribution in [3.63, 3.8) is 0 Å². The van der Waals surface area contributed by atoms with E-state index in [-0.39, 0.29) is 6.04 Å². The van der Waals surface area contributed by atoms with Crippen LogP contribution in [0.5, 0.6) is 0 Å². The van der Waals surface area contributed by atoms with Crippen molar-refractivity contribution in [2.24, 2.45) is 5.73 Å². The molecular weight excluding hydrogens is 190 g/mol. The molecule has 15 heavy (non-hydrogen) atoms. The first kappa shape index (κ1) is 9.92. The van der Waals surface area contributed by atoms with Crippen LogP contribution in [-0.2, 0) is 6.54 Å². The van der Waals surface area contributed by atoms with Gasteiger partial charge in [-0.2, -0.15) is 5.10 Å². The van der Waals surface area contributed by atoms with Crippen molar-refractivity contribution in [2.75, 3.05) is 0 Å². The average molecular weight is 205 g/mol. The zero-order chi connectivity index (χ0) is 10.8. The Hall–Kier alpha value is -1.62. The maximum Gasteiger partial charge on any atom is 0.0995 e. The maximum atomic E-state index is 5.85. The van der Waals surface area contributed by atoms with Gasteiger partial charge in [-0.3, -0.25) is 9.25 Å². The van der Waals surface area contributed by atoms with E-state index in [0.717, 1.165) is 17.9 Å². The number of imidazole rings is 1. The lowest BCUT2D eigenvalue weighted by Crippen LogP contribution is -2.10. The van der Waals surface area contributed by atoms with Crippen LogP contribution in [0.1, 0.15) is 25.6 Å². The summed E-state index contributed by atoms with van der Waals surface area (Å²) in [7, 11) is 0. The van der Waals surface area contributed by atoms with E-state index in [1.807, 2.05) is 28.6 Å². The molecule has 2 N–H and O–H groups in total. The zero-order valence-electron chi connectivity index (χ0n) is 8.96. The van der Waals surface area contributed by atoms with Gasteiger partial charge < -0.3 is 5.73 Å². The normalized spacial score (nSPS) is 13.0. The Labute approximate surface area is 88.5 Å². The standard InChI is InChI=1S/C10H15N5/c1-3-14-6-9(4-13-14)15-7-12-5-10(15)8(2)11/h4-8H,3,11H2,1-2H3/t8-/m0/s1. The highest BCUT2D eigenvalue weighted by atomic mass is 15.3. The summed E-state index contributed by atoms with van der Waals surface area (Å²) in [6, 6.07) is -0.0301. The summed E-state index contributed by atoms with van der Waals surface area (Å²) in [6.45, 7) is 4.86. The molecule has 0 aromatic carbocycles. The largest absolute Gasteiger partial charge is 0.323 e. The number of hydrogen-bond donors (Lipinski definition) is 1. The molecule has 0 radical (unpaired) electrons. The maximum absolute atomic E-state index is 5.85. The smallest absolute Gasteiger partial charge is 0.0995 e. The number of rotatable bonds is 3. The molecule has 2 rings (SSSR count). The molecule has 5 heteroatoms. The van der Waals surface area contributed by atoms with E-state index in [1.165, 1.54) is 0 Å². The fraction of sp³-hybridized carbons (Fsp3) is 0.400. The number of aromatic nitrogens is 4. The third-order valence-electron chi connectivity index (χ3n) is 2.36. The van der Waals surface area contributed by atoms with Crippen molar-refractivity contribution in [3.05, 3.63) is 30.6 Å². The molecule has 5 nitrogen and oxygen atoms in total. The predicted molar refractivity (Wildman–Crippen MR) is 57.6 cm³/mol. The fourth-order valence-electron chi connectivity index (χ4n) is 1.51. The van der Waals surface area contributed by atoms with Gasteiger partial charge in [0.1, 0.15) is 0 Å². The summed E-state index contributed by atoms with van der Waals surface area (Å²) in [5, 5.41) is 4.22. The van der Waals surface area contributed by atoms with Gasteiger partial charge in [0.2, 0.25) is 0 Å². The van der Waals surface area contributed by atoms with Crippen LogP contribution in [0.15, 0.2) is 24.9 Å². The van der Waals surface area contributed by atoms with Crippen molar-refractivity contribution in [1.29, 1.82) is 0 Å². The van der Waals surface area contributed by atoms with Crippen LogP contribution in [0.3, 0.4) is 0 Å². The highest BCUT2D eigenvalue weighted by molar-refractivity contribution is 5.29. The molecule has 2 aromatic rings. The lowest BCUT2D eigenvalue weighted by Gasteiger charge is -2.07. The second kappa shape index (κ2) is 3.86. The summed E-state index contributed by atoms with van der Waals surface area (Å²) in [5.74, 6) is 0. The van der Waals surface area contributed by atoms with E-state index >= 15 is 0 Å². The quantitative estimate of drug-likeness (QED) is 0.816. The summed E-state index contributed by atoms with van der Waals surface area (Å²) in [6.07, 6.45) is 7.34. The van der Waals surface area contributed by atoms with Crippen LogP contribution in [0.2, 0.25) is 0 Å². The van der Waals surface area contributed by atoms with Crippen LogP contribution in [-0.4, -0.2) is 19.3 Å². The Bertz CT molecular complexity index is 440. The van der Waals surface area contributed by atoms with Crippen molar-refractivity contribution in [1.82, 2.24) is 19.3 Å². The monoisotopic (exact) mass is 205 g/mol. The topological polar surface area (TPSA) is 61.7 Å². The average Bonchev–Trinajstić information content (AvgIpc) is 2.85. The first-order valence-corrected chi connectivity index (χ1v) is 5.03. The van der Waals surface area contributed by atoms with Crippen LogP contribution in [0.4, 0.5) is 0 Å². The zero-order valence-corrected chi connectivity index (χ0v) is 8.96. The van der Waals surface area contributed by atoms with Crippen molar-refractivity contribution in [3.8, 4) is 5.69 Å². The number of hydrogen-bond acceptors (Lipinski definition) is 3. The number of aryl methyl sites for hydroxylation is 1. The van der Waals surface area contributed by atoms with Gasteiger partial charge in [0.25, 0.3) is 0 Å². The number of nitrogens with two attached hydrogens (primary N) is 1. The number of nitrogens with zero attached hydrogens (tertiary/aromatic N) is 4. The van der Waals surface area contributed by atoms with E-state index in [1.54, 1.807) is 12.5 Å². The minimum absolute atomic E-state index is 0.0301. The summed E-state index contributed by atoms with van der Waals surface area (Å²) in [4.78, 5) is 4.10. The molecule has 1 atom stereocenters. The van der Waals surface area contributed by atoms with Crippen molar-refractivity contribution in [2.45, 2.75) is 26.4 Å². The van der Waals surface area contributed by atoms with Crippen molar-refractivity contribution < 1.29 is 0 Å².